The van der Waals surface area contributed by atoms with Crippen molar-refractivity contribution in [2.24, 2.45) is 0 Å². The van der Waals surface area contributed by atoms with E-state index in [0.29, 0.717) is 12.0 Å². The molecule has 0 aliphatic carbocycles. The lowest BCUT2D eigenvalue weighted by atomic mass is 9.80. The molecule has 1 aliphatic heterocycles. The predicted octanol–water partition coefficient (Wildman–Crippen LogP) is 5.09. The van der Waals surface area contributed by atoms with E-state index in [1.165, 1.54) is 4.57 Å². The molecule has 1 saturated heterocycles. The smallest absolute Gasteiger partial charge is 0.330 e. The number of allylic oxidation sites excluding steroid dienone is 1. The molecule has 0 bridgehead atoms. The Bertz CT molecular complexity index is 1390. The minimum Gasteiger partial charge on any atom is -0.358 e. The molecular weight excluding hydrogens is 464 g/mol. The molecule has 0 radical (unpaired) electrons. The number of benzene rings is 3. The van der Waals surface area contributed by atoms with Crippen molar-refractivity contribution < 1.29 is 9.47 Å². The highest BCUT2D eigenvalue weighted by Gasteiger charge is 2.40. The number of rotatable bonds is 7. The van der Waals surface area contributed by atoms with Crippen LogP contribution in [0.3, 0.4) is 0 Å². The fourth-order valence-electron chi connectivity index (χ4n) is 5.04. The van der Waals surface area contributed by atoms with E-state index in [0.717, 1.165) is 22.3 Å². The van der Waals surface area contributed by atoms with Crippen LogP contribution in [0.4, 0.5) is 0 Å². The normalized spacial score (nSPS) is 18.8. The summed E-state index contributed by atoms with van der Waals surface area (Å²) in [5, 5.41) is 0. The Kier molecular flexibility index (Phi) is 7.04. The monoisotopic (exact) mass is 494 g/mol. The van der Waals surface area contributed by atoms with E-state index < -0.39 is 17.5 Å². The second-order valence-corrected chi connectivity index (χ2v) is 9.22. The van der Waals surface area contributed by atoms with Gasteiger partial charge in [-0.3, -0.25) is 14.3 Å². The van der Waals surface area contributed by atoms with E-state index in [1.54, 1.807) is 13.1 Å². The maximum atomic E-state index is 12.5. The summed E-state index contributed by atoms with van der Waals surface area (Å²) in [6.45, 7) is 3.91. The number of aromatic nitrogens is 2. The Morgan fingerprint density at radius 1 is 0.919 bits per heavy atom. The van der Waals surface area contributed by atoms with Gasteiger partial charge in [0.1, 0.15) is 17.9 Å². The van der Waals surface area contributed by atoms with Crippen LogP contribution in [0.2, 0.25) is 0 Å². The van der Waals surface area contributed by atoms with Gasteiger partial charge in [-0.1, -0.05) is 97.1 Å². The minimum absolute atomic E-state index is 0.270. The molecule has 3 aromatic carbocycles. The first kappa shape index (κ1) is 24.7. The summed E-state index contributed by atoms with van der Waals surface area (Å²) in [4.78, 5) is 26.8. The highest BCUT2D eigenvalue weighted by molar-refractivity contribution is 5.47. The zero-order chi connectivity index (χ0) is 25.8. The highest BCUT2D eigenvalue weighted by Crippen LogP contribution is 2.42. The number of hydrogen-bond donors (Lipinski definition) is 1. The average molecular weight is 495 g/mol. The zero-order valence-electron chi connectivity index (χ0n) is 21.0. The fourth-order valence-corrected chi connectivity index (χ4v) is 5.04. The lowest BCUT2D eigenvalue weighted by molar-refractivity contribution is -0.0716. The summed E-state index contributed by atoms with van der Waals surface area (Å²) < 4.78 is 14.8. The van der Waals surface area contributed by atoms with E-state index in [2.05, 4.69) is 41.4 Å². The Morgan fingerprint density at radius 3 is 1.92 bits per heavy atom. The second kappa shape index (κ2) is 10.5. The number of hydrogen-bond acceptors (Lipinski definition) is 4. The van der Waals surface area contributed by atoms with Crippen molar-refractivity contribution in [3.8, 4) is 0 Å². The van der Waals surface area contributed by atoms with Crippen LogP contribution in [0.1, 0.15) is 41.8 Å². The number of nitrogens with zero attached hydrogens (tertiary/aromatic N) is 1. The van der Waals surface area contributed by atoms with Crippen molar-refractivity contribution in [2.75, 3.05) is 6.61 Å². The molecule has 6 heteroatoms. The molecule has 4 aromatic rings. The maximum Gasteiger partial charge on any atom is 0.330 e. The van der Waals surface area contributed by atoms with Gasteiger partial charge in [0.25, 0.3) is 5.56 Å². The van der Waals surface area contributed by atoms with Gasteiger partial charge in [0, 0.05) is 18.2 Å². The molecule has 1 aliphatic rings. The summed E-state index contributed by atoms with van der Waals surface area (Å²) in [7, 11) is 0. The number of ether oxygens (including phenoxy) is 2. The second-order valence-electron chi connectivity index (χ2n) is 9.22. The third-order valence-electron chi connectivity index (χ3n) is 6.96. The first-order chi connectivity index (χ1) is 18.0. The molecular formula is C31H30N2O4. The molecule has 1 aromatic heterocycles. The van der Waals surface area contributed by atoms with Gasteiger partial charge < -0.3 is 9.47 Å². The molecule has 37 heavy (non-hydrogen) atoms. The van der Waals surface area contributed by atoms with Crippen LogP contribution in [-0.2, 0) is 15.1 Å². The van der Waals surface area contributed by atoms with E-state index in [1.807, 2.05) is 67.6 Å². The summed E-state index contributed by atoms with van der Waals surface area (Å²) in [6, 6.07) is 30.6. The summed E-state index contributed by atoms with van der Waals surface area (Å²) in [6.07, 6.45) is 3.23. The van der Waals surface area contributed by atoms with Crippen LogP contribution in [-0.4, -0.2) is 22.3 Å². The standard InChI is InChI=1S/C31H30N2O4/c1-3-23-19-28(33-20-22(2)29(34)32-30(33)35)37-27(23)21-36-31(24-13-7-4-8-14-24,25-15-9-5-10-16-25)26-17-11-6-12-18-26/h3-18,20,27-28H,19,21H2,1-2H3,(H,32,34,35)/t27-,28-/m1/s1. The van der Waals surface area contributed by atoms with Gasteiger partial charge in [-0.05, 0) is 36.1 Å². The molecule has 2 atom stereocenters. The van der Waals surface area contributed by atoms with Crippen molar-refractivity contribution in [1.82, 2.24) is 9.55 Å². The lowest BCUT2D eigenvalue weighted by Gasteiger charge is -2.36. The largest absolute Gasteiger partial charge is 0.358 e. The van der Waals surface area contributed by atoms with E-state index in [9.17, 15) is 9.59 Å². The Labute approximate surface area is 215 Å². The van der Waals surface area contributed by atoms with Crippen LogP contribution in [0.5, 0.6) is 0 Å². The van der Waals surface area contributed by atoms with Crippen LogP contribution >= 0.6 is 0 Å². The Balaban J connectivity index is 1.53. The van der Waals surface area contributed by atoms with Gasteiger partial charge in [0.05, 0.1) is 6.61 Å². The number of aromatic amines is 1. The van der Waals surface area contributed by atoms with Crippen molar-refractivity contribution in [3.05, 3.63) is 152 Å². The molecule has 0 spiro atoms. The summed E-state index contributed by atoms with van der Waals surface area (Å²) in [5.74, 6) is 0. The minimum atomic E-state index is -0.866. The van der Waals surface area contributed by atoms with Gasteiger partial charge in [0.2, 0.25) is 0 Å². The third kappa shape index (κ3) is 4.73. The van der Waals surface area contributed by atoms with Crippen LogP contribution in [0, 0.1) is 6.92 Å². The third-order valence-corrected chi connectivity index (χ3v) is 6.96. The number of H-pyrrole nitrogens is 1. The number of aryl methyl sites for hydroxylation is 1. The van der Waals surface area contributed by atoms with E-state index >= 15 is 0 Å². The average Bonchev–Trinajstić information content (AvgIpc) is 3.36. The van der Waals surface area contributed by atoms with Crippen LogP contribution in [0.25, 0.3) is 0 Å². The zero-order valence-corrected chi connectivity index (χ0v) is 21.0. The van der Waals surface area contributed by atoms with Crippen LogP contribution < -0.4 is 11.2 Å². The van der Waals surface area contributed by atoms with E-state index in [4.69, 9.17) is 9.47 Å². The predicted molar refractivity (Wildman–Crippen MR) is 144 cm³/mol. The number of nitrogens with one attached hydrogen (secondary N) is 1. The van der Waals surface area contributed by atoms with Gasteiger partial charge in [-0.2, -0.15) is 0 Å². The first-order valence-corrected chi connectivity index (χ1v) is 12.5. The molecule has 188 valence electrons. The Morgan fingerprint density at radius 2 is 1.43 bits per heavy atom. The first-order valence-electron chi connectivity index (χ1n) is 12.5. The quantitative estimate of drug-likeness (QED) is 0.287. The molecule has 0 saturated carbocycles. The highest BCUT2D eigenvalue weighted by atomic mass is 16.6. The summed E-state index contributed by atoms with van der Waals surface area (Å²) in [5.41, 5.74) is 2.80. The molecule has 1 fully saturated rings. The molecule has 1 N–H and O–H groups in total. The van der Waals surface area contributed by atoms with Crippen molar-refractivity contribution in [2.45, 2.75) is 38.2 Å². The van der Waals surface area contributed by atoms with Gasteiger partial charge in [0.15, 0.2) is 0 Å². The molecule has 0 amide bonds. The van der Waals surface area contributed by atoms with Crippen molar-refractivity contribution in [1.29, 1.82) is 0 Å². The van der Waals surface area contributed by atoms with Gasteiger partial charge in [-0.15, -0.1) is 0 Å². The van der Waals surface area contributed by atoms with Gasteiger partial charge in [-0.25, -0.2) is 4.79 Å². The van der Waals surface area contributed by atoms with Crippen molar-refractivity contribution in [3.63, 3.8) is 0 Å². The SMILES string of the molecule is CC=C1C[C@H](n2cc(C)c(=O)[nH]c2=O)O[C@@H]1COC(c1ccccc1)(c1ccccc1)c1ccccc1. The Hall–Kier alpha value is -4.00. The van der Waals surface area contributed by atoms with Gasteiger partial charge >= 0.3 is 5.69 Å². The lowest BCUT2D eigenvalue weighted by Crippen LogP contribution is -2.36. The van der Waals surface area contributed by atoms with Crippen LogP contribution in [0.15, 0.2) is 118 Å². The molecule has 2 heterocycles. The fraction of sp³-hybridized carbons (Fsp3) is 0.226. The molecule has 0 unspecified atom stereocenters. The topological polar surface area (TPSA) is 73.3 Å². The van der Waals surface area contributed by atoms with Crippen molar-refractivity contribution >= 4 is 0 Å². The maximum absolute atomic E-state index is 12.5. The van der Waals surface area contributed by atoms with E-state index in [-0.39, 0.29) is 18.3 Å². The molecule has 6 nitrogen and oxygen atoms in total. The summed E-state index contributed by atoms with van der Waals surface area (Å²) >= 11 is 0. The molecule has 5 rings (SSSR count).